The Balaban J connectivity index is 1.85. The lowest BCUT2D eigenvalue weighted by Gasteiger charge is -2.34. The normalized spacial score (nSPS) is 15.9. The molecule has 5 nitrogen and oxygen atoms in total. The molecule has 0 spiro atoms. The van der Waals surface area contributed by atoms with Gasteiger partial charge in [-0.25, -0.2) is 17.2 Å². The van der Waals surface area contributed by atoms with Gasteiger partial charge in [-0.3, -0.25) is 4.72 Å². The molecule has 0 unspecified atom stereocenters. The van der Waals surface area contributed by atoms with Gasteiger partial charge >= 0.3 is 0 Å². The molecule has 140 valence electrons. The summed E-state index contributed by atoms with van der Waals surface area (Å²) in [7, 11) is -4.02. The number of benzene rings is 2. The molecule has 1 fully saturated rings. The van der Waals surface area contributed by atoms with E-state index < -0.39 is 21.7 Å². The van der Waals surface area contributed by atoms with Gasteiger partial charge in [0.15, 0.2) is 11.6 Å². The molecule has 3 rings (SSSR count). The number of nitrogens with zero attached hydrogens (tertiary/aromatic N) is 1. The molecule has 1 aliphatic rings. The number of likely N-dealkylation sites (N-methyl/N-ethyl adjacent to an activating group) is 1. The first-order valence-electron chi connectivity index (χ1n) is 8.56. The highest BCUT2D eigenvalue weighted by Crippen LogP contribution is 2.28. The van der Waals surface area contributed by atoms with Crippen molar-refractivity contribution in [2.75, 3.05) is 42.3 Å². The van der Waals surface area contributed by atoms with Gasteiger partial charge in [0.05, 0.1) is 49.0 Å². The summed E-state index contributed by atoms with van der Waals surface area (Å²) in [5.74, 6) is -2.28. The van der Waals surface area contributed by atoms with E-state index in [1.165, 1.54) is 4.90 Å². The first kappa shape index (κ1) is 18.6. The number of rotatable bonds is 5. The quantitative estimate of drug-likeness (QED) is 0.824. The van der Waals surface area contributed by atoms with Gasteiger partial charge in [-0.15, -0.1) is 0 Å². The Morgan fingerprint density at radius 3 is 2.42 bits per heavy atom. The van der Waals surface area contributed by atoms with Crippen LogP contribution in [0.15, 0.2) is 47.4 Å². The zero-order valence-corrected chi connectivity index (χ0v) is 15.3. The largest absolute Gasteiger partial charge is 0.359 e. The number of sulfonamides is 1. The van der Waals surface area contributed by atoms with E-state index in [-0.39, 0.29) is 4.90 Å². The van der Waals surface area contributed by atoms with Crippen molar-refractivity contribution < 1.29 is 22.1 Å². The van der Waals surface area contributed by atoms with E-state index in [1.807, 2.05) is 12.1 Å². The van der Waals surface area contributed by atoms with E-state index in [9.17, 15) is 17.2 Å². The van der Waals surface area contributed by atoms with Crippen molar-refractivity contribution in [1.29, 1.82) is 0 Å². The highest BCUT2D eigenvalue weighted by atomic mass is 32.2. The van der Waals surface area contributed by atoms with E-state index >= 15 is 0 Å². The van der Waals surface area contributed by atoms with Crippen molar-refractivity contribution in [2.24, 2.45) is 0 Å². The highest BCUT2D eigenvalue weighted by Gasteiger charge is 2.23. The summed E-state index contributed by atoms with van der Waals surface area (Å²) in [6, 6.07) is 9.66. The summed E-state index contributed by atoms with van der Waals surface area (Å²) in [6.07, 6.45) is 0. The van der Waals surface area contributed by atoms with Gasteiger partial charge in [0.2, 0.25) is 0 Å². The maximum absolute atomic E-state index is 13.4. The van der Waals surface area contributed by atoms with Crippen LogP contribution in [0.2, 0.25) is 0 Å². The van der Waals surface area contributed by atoms with Gasteiger partial charge in [-0.1, -0.05) is 12.1 Å². The second-order valence-corrected chi connectivity index (χ2v) is 7.97. The Morgan fingerprint density at radius 1 is 1.08 bits per heavy atom. The molecule has 0 atom stereocenters. The van der Waals surface area contributed by atoms with Gasteiger partial charge in [0.25, 0.3) is 10.0 Å². The Hall–Kier alpha value is -2.19. The number of hydrogen-bond acceptors (Lipinski definition) is 3. The minimum absolute atomic E-state index is 0.313. The maximum Gasteiger partial charge on any atom is 0.262 e. The third-order valence-electron chi connectivity index (χ3n) is 4.66. The average molecular weight is 382 g/mol. The zero-order valence-electron chi connectivity index (χ0n) is 14.5. The first-order chi connectivity index (χ1) is 12.4. The van der Waals surface area contributed by atoms with E-state index in [0.717, 1.165) is 50.5 Å². The number of piperazine rings is 1. The lowest BCUT2D eigenvalue weighted by Crippen LogP contribution is -3.14. The number of para-hydroxylation sites is 2. The van der Waals surface area contributed by atoms with Gasteiger partial charge in [0.1, 0.15) is 0 Å². The van der Waals surface area contributed by atoms with Crippen LogP contribution in [0.3, 0.4) is 0 Å². The Labute approximate surface area is 152 Å². The van der Waals surface area contributed by atoms with Crippen molar-refractivity contribution in [3.05, 3.63) is 54.1 Å². The van der Waals surface area contributed by atoms with Crippen LogP contribution in [-0.2, 0) is 10.0 Å². The predicted octanol–water partition coefficient (Wildman–Crippen LogP) is 1.49. The molecule has 0 saturated carbocycles. The molecule has 0 bridgehead atoms. The number of halogens is 2. The van der Waals surface area contributed by atoms with Crippen molar-refractivity contribution >= 4 is 21.4 Å². The average Bonchev–Trinajstić information content (AvgIpc) is 2.64. The molecule has 2 aromatic carbocycles. The lowest BCUT2D eigenvalue weighted by molar-refractivity contribution is -0.898. The smallest absolute Gasteiger partial charge is 0.262 e. The first-order valence-corrected chi connectivity index (χ1v) is 10.0. The molecule has 2 aromatic rings. The Kier molecular flexibility index (Phi) is 5.43. The van der Waals surface area contributed by atoms with E-state index in [0.29, 0.717) is 11.8 Å². The molecule has 1 heterocycles. The van der Waals surface area contributed by atoms with Gasteiger partial charge in [-0.05, 0) is 37.3 Å². The van der Waals surface area contributed by atoms with Crippen LogP contribution in [0.5, 0.6) is 0 Å². The second kappa shape index (κ2) is 7.59. The molecule has 0 amide bonds. The third kappa shape index (κ3) is 3.96. The summed E-state index contributed by atoms with van der Waals surface area (Å²) >= 11 is 0. The molecule has 0 radical (unpaired) electrons. The summed E-state index contributed by atoms with van der Waals surface area (Å²) in [4.78, 5) is 3.34. The van der Waals surface area contributed by atoms with Crippen LogP contribution >= 0.6 is 0 Å². The van der Waals surface area contributed by atoms with Crippen LogP contribution in [0.1, 0.15) is 6.92 Å². The van der Waals surface area contributed by atoms with Crippen molar-refractivity contribution in [1.82, 2.24) is 0 Å². The van der Waals surface area contributed by atoms with E-state index in [4.69, 9.17) is 0 Å². The fraction of sp³-hybridized carbons (Fsp3) is 0.333. The highest BCUT2D eigenvalue weighted by molar-refractivity contribution is 7.92. The number of hydrogen-bond donors (Lipinski definition) is 2. The van der Waals surface area contributed by atoms with Crippen LogP contribution in [0.4, 0.5) is 20.2 Å². The number of anilines is 2. The molecule has 1 saturated heterocycles. The van der Waals surface area contributed by atoms with Crippen molar-refractivity contribution in [2.45, 2.75) is 11.8 Å². The molecular formula is C18H22F2N3O2S+. The summed E-state index contributed by atoms with van der Waals surface area (Å²) in [5, 5.41) is 0. The minimum Gasteiger partial charge on any atom is -0.359 e. The monoisotopic (exact) mass is 382 g/mol. The van der Waals surface area contributed by atoms with Crippen LogP contribution in [0, 0.1) is 11.6 Å². The van der Waals surface area contributed by atoms with Crippen molar-refractivity contribution in [3.8, 4) is 0 Å². The molecule has 0 aliphatic carbocycles. The summed E-state index contributed by atoms with van der Waals surface area (Å²) in [5.41, 5.74) is 1.21. The SMILES string of the molecule is CC[NH+]1CCN(c2ccccc2NS(=O)(=O)c2ccc(F)c(F)c2)CC1. The van der Waals surface area contributed by atoms with Gasteiger partial charge < -0.3 is 9.80 Å². The number of nitrogens with one attached hydrogen (secondary N) is 2. The maximum atomic E-state index is 13.4. The lowest BCUT2D eigenvalue weighted by atomic mass is 10.2. The number of quaternary nitrogens is 1. The summed E-state index contributed by atoms with van der Waals surface area (Å²) < 4.78 is 54.2. The molecule has 2 N–H and O–H groups in total. The molecule has 0 aromatic heterocycles. The van der Waals surface area contributed by atoms with E-state index in [1.54, 1.807) is 12.1 Å². The Bertz CT molecular complexity index is 882. The third-order valence-corrected chi connectivity index (χ3v) is 6.02. The fourth-order valence-electron chi connectivity index (χ4n) is 3.10. The van der Waals surface area contributed by atoms with Gasteiger partial charge in [-0.2, -0.15) is 0 Å². The van der Waals surface area contributed by atoms with E-state index in [2.05, 4.69) is 16.5 Å². The fourth-order valence-corrected chi connectivity index (χ4v) is 4.19. The Morgan fingerprint density at radius 2 is 1.77 bits per heavy atom. The standard InChI is InChI=1S/C18H21F2N3O2S/c1-2-22-9-11-23(12-10-22)18-6-4-3-5-17(18)21-26(24,25)14-7-8-15(19)16(20)13-14/h3-8,13,21H,2,9-12H2,1H3/p+1. The zero-order chi connectivity index (χ0) is 18.7. The second-order valence-electron chi connectivity index (χ2n) is 6.29. The van der Waals surface area contributed by atoms with Crippen molar-refractivity contribution in [3.63, 3.8) is 0 Å². The van der Waals surface area contributed by atoms with Crippen LogP contribution < -0.4 is 14.5 Å². The minimum atomic E-state index is -4.02. The predicted molar refractivity (Wildman–Crippen MR) is 97.1 cm³/mol. The van der Waals surface area contributed by atoms with Gasteiger partial charge in [0, 0.05) is 0 Å². The molecular weight excluding hydrogens is 360 g/mol. The van der Waals surface area contributed by atoms with Crippen LogP contribution in [0.25, 0.3) is 0 Å². The molecule has 1 aliphatic heterocycles. The topological polar surface area (TPSA) is 53.9 Å². The molecule has 8 heteroatoms. The molecule has 26 heavy (non-hydrogen) atoms. The van der Waals surface area contributed by atoms with Crippen LogP contribution in [-0.4, -0.2) is 41.1 Å². The summed E-state index contributed by atoms with van der Waals surface area (Å²) in [6.45, 7) is 6.84.